The molecule has 1 aromatic carbocycles. The van der Waals surface area contributed by atoms with Crippen molar-refractivity contribution in [3.05, 3.63) is 35.4 Å². The number of hydrogen-bond donors (Lipinski definition) is 1. The molecule has 1 heterocycles. The van der Waals surface area contributed by atoms with E-state index in [1.165, 1.54) is 11.1 Å². The van der Waals surface area contributed by atoms with Crippen LogP contribution in [0.2, 0.25) is 0 Å². The third-order valence-electron chi connectivity index (χ3n) is 3.81. The highest BCUT2D eigenvalue weighted by atomic mass is 16.5. The van der Waals surface area contributed by atoms with Crippen LogP contribution < -0.4 is 5.32 Å². The Hall–Kier alpha value is -0.900. The molecule has 21 heavy (non-hydrogen) atoms. The van der Waals surface area contributed by atoms with Gasteiger partial charge in [-0.05, 0) is 37.4 Å². The number of hydrogen-bond acceptors (Lipinski definition) is 3. The molecule has 1 aliphatic heterocycles. The lowest BCUT2D eigenvalue weighted by Crippen LogP contribution is -2.44. The fourth-order valence-electron chi connectivity index (χ4n) is 2.94. The van der Waals surface area contributed by atoms with E-state index >= 15 is 0 Å². The van der Waals surface area contributed by atoms with E-state index in [1.807, 2.05) is 0 Å². The first-order chi connectivity index (χ1) is 10.0. The molecule has 0 radical (unpaired) electrons. The highest BCUT2D eigenvalue weighted by Crippen LogP contribution is 2.14. The second-order valence-electron chi connectivity index (χ2n) is 6.79. The van der Waals surface area contributed by atoms with Crippen molar-refractivity contribution in [1.29, 1.82) is 0 Å². The van der Waals surface area contributed by atoms with Crippen molar-refractivity contribution in [2.24, 2.45) is 5.92 Å². The van der Waals surface area contributed by atoms with Crippen molar-refractivity contribution in [2.45, 2.75) is 53.0 Å². The first-order valence-corrected chi connectivity index (χ1v) is 8.19. The minimum atomic E-state index is 0.341. The lowest BCUT2D eigenvalue weighted by Gasteiger charge is -2.35. The van der Waals surface area contributed by atoms with E-state index in [4.69, 9.17) is 4.74 Å². The van der Waals surface area contributed by atoms with Crippen LogP contribution in [-0.2, 0) is 17.8 Å². The maximum absolute atomic E-state index is 5.79. The molecule has 118 valence electrons. The van der Waals surface area contributed by atoms with E-state index in [0.717, 1.165) is 32.7 Å². The highest BCUT2D eigenvalue weighted by Gasteiger charge is 2.21. The average Bonchev–Trinajstić information content (AvgIpc) is 2.39. The van der Waals surface area contributed by atoms with Gasteiger partial charge in [-0.2, -0.15) is 0 Å². The van der Waals surface area contributed by atoms with Gasteiger partial charge < -0.3 is 10.1 Å². The van der Waals surface area contributed by atoms with Crippen molar-refractivity contribution >= 4 is 0 Å². The van der Waals surface area contributed by atoms with Crippen molar-refractivity contribution in [1.82, 2.24) is 10.2 Å². The van der Waals surface area contributed by atoms with Crippen LogP contribution in [0.4, 0.5) is 0 Å². The first kappa shape index (κ1) is 16.5. The normalized spacial score (nSPS) is 23.7. The van der Waals surface area contributed by atoms with Crippen molar-refractivity contribution in [2.75, 3.05) is 19.6 Å². The van der Waals surface area contributed by atoms with Crippen LogP contribution in [0.15, 0.2) is 24.3 Å². The quantitative estimate of drug-likeness (QED) is 0.871. The molecule has 0 bridgehead atoms. The Morgan fingerprint density at radius 2 is 1.67 bits per heavy atom. The summed E-state index contributed by atoms with van der Waals surface area (Å²) < 4.78 is 5.79. The van der Waals surface area contributed by atoms with Crippen LogP contribution in [0.5, 0.6) is 0 Å². The van der Waals surface area contributed by atoms with E-state index in [0.29, 0.717) is 18.1 Å². The number of rotatable bonds is 6. The van der Waals surface area contributed by atoms with Gasteiger partial charge in [-0.3, -0.25) is 4.90 Å². The monoisotopic (exact) mass is 290 g/mol. The number of benzene rings is 1. The fourth-order valence-corrected chi connectivity index (χ4v) is 2.94. The van der Waals surface area contributed by atoms with Crippen LogP contribution in [0.1, 0.15) is 38.8 Å². The number of ether oxygens (including phenoxy) is 1. The number of nitrogens with zero attached hydrogens (tertiary/aromatic N) is 1. The van der Waals surface area contributed by atoms with Gasteiger partial charge in [0.15, 0.2) is 0 Å². The summed E-state index contributed by atoms with van der Waals surface area (Å²) >= 11 is 0. The standard InChI is InChI=1S/C18H30N2O/c1-14(2)9-19-10-17-5-7-18(8-6-17)13-20-11-15(3)21-16(4)12-20/h5-8,14-16,19H,9-13H2,1-4H3/t15-,16+. The Balaban J connectivity index is 1.81. The zero-order valence-electron chi connectivity index (χ0n) is 13.9. The van der Waals surface area contributed by atoms with Gasteiger partial charge in [0.1, 0.15) is 0 Å². The minimum absolute atomic E-state index is 0.341. The molecule has 0 saturated carbocycles. The topological polar surface area (TPSA) is 24.5 Å². The van der Waals surface area contributed by atoms with Crippen LogP contribution >= 0.6 is 0 Å². The van der Waals surface area contributed by atoms with Gasteiger partial charge >= 0.3 is 0 Å². The Bertz CT molecular complexity index is 406. The van der Waals surface area contributed by atoms with Gasteiger partial charge in [0.05, 0.1) is 12.2 Å². The maximum Gasteiger partial charge on any atom is 0.0678 e. The molecular formula is C18H30N2O. The van der Waals surface area contributed by atoms with Crippen LogP contribution in [0.3, 0.4) is 0 Å². The summed E-state index contributed by atoms with van der Waals surface area (Å²) in [5, 5.41) is 3.49. The summed E-state index contributed by atoms with van der Waals surface area (Å²) in [6.07, 6.45) is 0.682. The van der Waals surface area contributed by atoms with Crippen LogP contribution in [0.25, 0.3) is 0 Å². The SMILES string of the molecule is CC(C)CNCc1ccc(CN2C[C@@H](C)O[C@@H](C)C2)cc1. The molecule has 2 rings (SSSR count). The van der Waals surface area contributed by atoms with Crippen molar-refractivity contribution in [3.63, 3.8) is 0 Å². The molecule has 0 amide bonds. The Kier molecular flexibility index (Phi) is 6.22. The lowest BCUT2D eigenvalue weighted by molar-refractivity contribution is -0.0704. The molecule has 2 atom stereocenters. The smallest absolute Gasteiger partial charge is 0.0678 e. The summed E-state index contributed by atoms with van der Waals surface area (Å²) in [5.41, 5.74) is 2.76. The molecule has 3 nitrogen and oxygen atoms in total. The molecule has 0 unspecified atom stereocenters. The molecule has 1 aliphatic rings. The van der Waals surface area contributed by atoms with Gasteiger partial charge in [-0.25, -0.2) is 0 Å². The molecule has 0 aromatic heterocycles. The predicted octanol–water partition coefficient (Wildman–Crippen LogP) is 3.04. The third-order valence-corrected chi connectivity index (χ3v) is 3.81. The minimum Gasteiger partial charge on any atom is -0.373 e. The van der Waals surface area contributed by atoms with Gasteiger partial charge in [-0.1, -0.05) is 38.1 Å². The second kappa shape index (κ2) is 7.92. The summed E-state index contributed by atoms with van der Waals surface area (Å²) in [5.74, 6) is 0.703. The zero-order chi connectivity index (χ0) is 15.2. The van der Waals surface area contributed by atoms with Gasteiger partial charge in [-0.15, -0.1) is 0 Å². The van der Waals surface area contributed by atoms with Gasteiger partial charge in [0.25, 0.3) is 0 Å². The van der Waals surface area contributed by atoms with Gasteiger partial charge in [0.2, 0.25) is 0 Å². The van der Waals surface area contributed by atoms with E-state index in [9.17, 15) is 0 Å². The Labute approximate surface area is 129 Å². The molecule has 3 heteroatoms. The lowest BCUT2D eigenvalue weighted by atomic mass is 10.1. The van der Waals surface area contributed by atoms with E-state index in [-0.39, 0.29) is 0 Å². The van der Waals surface area contributed by atoms with Crippen LogP contribution in [0, 0.1) is 5.92 Å². The summed E-state index contributed by atoms with van der Waals surface area (Å²) in [7, 11) is 0. The van der Waals surface area contributed by atoms with Gasteiger partial charge in [0, 0.05) is 26.2 Å². The summed E-state index contributed by atoms with van der Waals surface area (Å²) in [6, 6.07) is 9.01. The third kappa shape index (κ3) is 5.77. The summed E-state index contributed by atoms with van der Waals surface area (Å²) in [6.45, 7) is 13.9. The summed E-state index contributed by atoms with van der Waals surface area (Å²) in [4.78, 5) is 2.49. The van der Waals surface area contributed by atoms with Crippen molar-refractivity contribution < 1.29 is 4.74 Å². The molecule has 1 fully saturated rings. The van der Waals surface area contributed by atoms with E-state index in [1.54, 1.807) is 0 Å². The zero-order valence-corrected chi connectivity index (χ0v) is 13.9. The largest absolute Gasteiger partial charge is 0.373 e. The van der Waals surface area contributed by atoms with Crippen molar-refractivity contribution in [3.8, 4) is 0 Å². The van der Waals surface area contributed by atoms with E-state index in [2.05, 4.69) is 62.2 Å². The molecule has 1 N–H and O–H groups in total. The fraction of sp³-hybridized carbons (Fsp3) is 0.667. The maximum atomic E-state index is 5.79. The second-order valence-corrected chi connectivity index (χ2v) is 6.79. The number of nitrogens with one attached hydrogen (secondary N) is 1. The Morgan fingerprint density at radius 1 is 1.10 bits per heavy atom. The average molecular weight is 290 g/mol. The highest BCUT2D eigenvalue weighted by molar-refractivity contribution is 5.22. The number of morpholine rings is 1. The molecule has 1 saturated heterocycles. The molecule has 1 aromatic rings. The van der Waals surface area contributed by atoms with Crippen LogP contribution in [-0.4, -0.2) is 36.7 Å². The Morgan fingerprint density at radius 3 is 2.24 bits per heavy atom. The van der Waals surface area contributed by atoms with E-state index < -0.39 is 0 Å². The molecule has 0 aliphatic carbocycles. The first-order valence-electron chi connectivity index (χ1n) is 8.19. The molecular weight excluding hydrogens is 260 g/mol. The molecule has 0 spiro atoms. The predicted molar refractivity (Wildman–Crippen MR) is 88.3 cm³/mol.